The van der Waals surface area contributed by atoms with Crippen molar-refractivity contribution in [2.24, 2.45) is 17.6 Å². The van der Waals surface area contributed by atoms with E-state index in [1.54, 1.807) is 38.3 Å². The van der Waals surface area contributed by atoms with Gasteiger partial charge in [0, 0.05) is 48.8 Å². The van der Waals surface area contributed by atoms with E-state index in [2.05, 4.69) is 16.0 Å². The second-order valence-corrected chi connectivity index (χ2v) is 13.2. The number of nitrogens with zero attached hydrogens (tertiary/aromatic N) is 1. The highest BCUT2D eigenvalue weighted by molar-refractivity contribution is 5.99. The standard InChI is InChI=1S/C40H55N5O5/c1-7-21-45(22-8-2)40(49)32-16-12-15-31(25-32)38(47)43-35(24-29-17-19-33(50-6)20-18-29)34(41)23-28(5)37(46)44-36(27(3)4)39(48)42-26-30-13-10-9-11-14-30/h9-20,25,27-28,34-36H,7-8,21-24,26,41H2,1-6H3,(H,42,48)(H,43,47)(H,44,46)/t28-,34+,35+,36+/m1/s1. The fourth-order valence-corrected chi connectivity index (χ4v) is 5.81. The Morgan fingerprint density at radius 2 is 1.42 bits per heavy atom. The highest BCUT2D eigenvalue weighted by Crippen LogP contribution is 2.18. The molecule has 0 saturated heterocycles. The van der Waals surface area contributed by atoms with Gasteiger partial charge in [-0.2, -0.15) is 0 Å². The van der Waals surface area contributed by atoms with Crippen LogP contribution in [0.1, 0.15) is 85.7 Å². The van der Waals surface area contributed by atoms with Crippen molar-refractivity contribution in [3.8, 4) is 5.75 Å². The summed E-state index contributed by atoms with van der Waals surface area (Å²) in [5, 5.41) is 8.95. The van der Waals surface area contributed by atoms with Gasteiger partial charge in [0.05, 0.1) is 7.11 Å². The minimum absolute atomic E-state index is 0.108. The zero-order valence-electron chi connectivity index (χ0n) is 30.4. The first-order valence-corrected chi connectivity index (χ1v) is 17.7. The molecule has 0 unspecified atom stereocenters. The lowest BCUT2D eigenvalue weighted by molar-refractivity contribution is -0.132. The zero-order valence-corrected chi connectivity index (χ0v) is 30.4. The molecule has 0 aliphatic rings. The third-order valence-corrected chi connectivity index (χ3v) is 8.72. The van der Waals surface area contributed by atoms with Gasteiger partial charge in [-0.3, -0.25) is 19.2 Å². The van der Waals surface area contributed by atoms with Gasteiger partial charge < -0.3 is 31.3 Å². The molecule has 3 aromatic carbocycles. The normalized spacial score (nSPS) is 13.4. The van der Waals surface area contributed by atoms with Gasteiger partial charge in [0.1, 0.15) is 11.8 Å². The number of hydrogen-bond acceptors (Lipinski definition) is 6. The molecule has 4 atom stereocenters. The minimum Gasteiger partial charge on any atom is -0.497 e. The summed E-state index contributed by atoms with van der Waals surface area (Å²) in [6, 6.07) is 22.0. The Bertz CT molecular complexity index is 1520. The number of methoxy groups -OCH3 is 1. The Labute approximate surface area is 297 Å². The fourth-order valence-electron chi connectivity index (χ4n) is 5.81. The van der Waals surface area contributed by atoms with Crippen LogP contribution in [0.25, 0.3) is 0 Å². The molecule has 0 fully saturated rings. The summed E-state index contributed by atoms with van der Waals surface area (Å²) in [4.78, 5) is 55.3. The first-order valence-electron chi connectivity index (χ1n) is 17.7. The first-order chi connectivity index (χ1) is 24.0. The largest absolute Gasteiger partial charge is 0.497 e. The second-order valence-electron chi connectivity index (χ2n) is 13.2. The number of amides is 4. The quantitative estimate of drug-likeness (QED) is 0.138. The third-order valence-electron chi connectivity index (χ3n) is 8.72. The van der Waals surface area contributed by atoms with Gasteiger partial charge in [-0.15, -0.1) is 0 Å². The molecule has 10 nitrogen and oxygen atoms in total. The summed E-state index contributed by atoms with van der Waals surface area (Å²) in [7, 11) is 1.60. The molecule has 0 aliphatic heterocycles. The average molecular weight is 686 g/mol. The molecule has 3 aromatic rings. The van der Waals surface area contributed by atoms with E-state index in [1.807, 2.05) is 87.2 Å². The van der Waals surface area contributed by atoms with Gasteiger partial charge >= 0.3 is 0 Å². The number of rotatable bonds is 19. The molecule has 0 radical (unpaired) electrons. The van der Waals surface area contributed by atoms with E-state index in [1.165, 1.54) is 0 Å². The van der Waals surface area contributed by atoms with Crippen LogP contribution in [0.2, 0.25) is 0 Å². The number of carbonyl (C=O) groups is 4. The van der Waals surface area contributed by atoms with Crippen LogP contribution in [0, 0.1) is 11.8 Å². The van der Waals surface area contributed by atoms with Crippen molar-refractivity contribution >= 4 is 23.6 Å². The summed E-state index contributed by atoms with van der Waals surface area (Å²) in [5.74, 6) is -1.01. The van der Waals surface area contributed by atoms with Gasteiger partial charge in [-0.05, 0) is 73.1 Å². The van der Waals surface area contributed by atoms with Crippen LogP contribution in [0.5, 0.6) is 5.75 Å². The van der Waals surface area contributed by atoms with Gasteiger partial charge in [0.2, 0.25) is 11.8 Å². The Balaban J connectivity index is 1.75. The molecule has 0 bridgehead atoms. The second kappa shape index (κ2) is 20.1. The number of benzene rings is 3. The van der Waals surface area contributed by atoms with E-state index < -0.39 is 24.0 Å². The molecular weight excluding hydrogens is 630 g/mol. The van der Waals surface area contributed by atoms with Crippen molar-refractivity contribution in [3.63, 3.8) is 0 Å². The Morgan fingerprint density at radius 3 is 2.02 bits per heavy atom. The average Bonchev–Trinajstić information content (AvgIpc) is 3.12. The lowest BCUT2D eigenvalue weighted by Crippen LogP contribution is -2.53. The van der Waals surface area contributed by atoms with E-state index in [0.29, 0.717) is 42.9 Å². The molecule has 10 heteroatoms. The molecule has 0 spiro atoms. The maximum atomic E-state index is 13.7. The first kappa shape index (κ1) is 39.7. The summed E-state index contributed by atoms with van der Waals surface area (Å²) in [6.07, 6.45) is 2.34. The SMILES string of the molecule is CCCN(CCC)C(=O)c1cccc(C(=O)N[C@@H](Cc2ccc(OC)cc2)[C@@H](N)C[C@@H](C)C(=O)N[C@H](C(=O)NCc2ccccc2)C(C)C)c1. The number of hydrogen-bond donors (Lipinski definition) is 4. The molecule has 3 rings (SSSR count). The maximum Gasteiger partial charge on any atom is 0.253 e. The molecule has 0 saturated carbocycles. The van der Waals surface area contributed by atoms with E-state index >= 15 is 0 Å². The highest BCUT2D eigenvalue weighted by atomic mass is 16.5. The number of nitrogens with two attached hydrogens (primary N) is 1. The van der Waals surface area contributed by atoms with Gasteiger partial charge in [0.15, 0.2) is 0 Å². The molecule has 5 N–H and O–H groups in total. The van der Waals surface area contributed by atoms with Gasteiger partial charge in [-0.25, -0.2) is 0 Å². The Morgan fingerprint density at radius 1 is 0.780 bits per heavy atom. The third kappa shape index (κ3) is 12.0. The molecule has 0 heterocycles. The monoisotopic (exact) mass is 685 g/mol. The van der Waals surface area contributed by atoms with Gasteiger partial charge in [-0.1, -0.05) is 83.1 Å². The van der Waals surface area contributed by atoms with Crippen LogP contribution in [0.15, 0.2) is 78.9 Å². The van der Waals surface area contributed by atoms with E-state index in [4.69, 9.17) is 10.5 Å². The lowest BCUT2D eigenvalue weighted by Gasteiger charge is -2.29. The van der Waals surface area contributed by atoms with E-state index in [0.717, 1.165) is 24.0 Å². The van der Waals surface area contributed by atoms with Crippen molar-refractivity contribution in [2.75, 3.05) is 20.2 Å². The smallest absolute Gasteiger partial charge is 0.253 e. The van der Waals surface area contributed by atoms with Crippen LogP contribution in [0.4, 0.5) is 0 Å². The molecule has 0 aliphatic carbocycles. The van der Waals surface area contributed by atoms with Crippen molar-refractivity contribution in [3.05, 3.63) is 101 Å². The molecular formula is C40H55N5O5. The predicted octanol–water partition coefficient (Wildman–Crippen LogP) is 5.11. The molecule has 270 valence electrons. The van der Waals surface area contributed by atoms with Crippen molar-refractivity contribution in [1.29, 1.82) is 0 Å². The van der Waals surface area contributed by atoms with Crippen LogP contribution in [-0.2, 0) is 22.6 Å². The van der Waals surface area contributed by atoms with Crippen molar-refractivity contribution in [2.45, 2.75) is 85.0 Å². The fraction of sp³-hybridized carbons (Fsp3) is 0.450. The Hall–Kier alpha value is -4.70. The van der Waals surface area contributed by atoms with Crippen LogP contribution < -0.4 is 26.4 Å². The van der Waals surface area contributed by atoms with Crippen LogP contribution >= 0.6 is 0 Å². The van der Waals surface area contributed by atoms with Crippen molar-refractivity contribution < 1.29 is 23.9 Å². The number of ether oxygens (including phenoxy) is 1. The molecule has 4 amide bonds. The zero-order chi connectivity index (χ0) is 36.6. The lowest BCUT2D eigenvalue weighted by atomic mass is 9.91. The molecule has 50 heavy (non-hydrogen) atoms. The predicted molar refractivity (Wildman–Crippen MR) is 198 cm³/mol. The van der Waals surface area contributed by atoms with Crippen LogP contribution in [-0.4, -0.2) is 66.9 Å². The molecule has 0 aromatic heterocycles. The van der Waals surface area contributed by atoms with Crippen molar-refractivity contribution in [1.82, 2.24) is 20.9 Å². The summed E-state index contributed by atoms with van der Waals surface area (Å²) >= 11 is 0. The maximum absolute atomic E-state index is 13.7. The Kier molecular flexibility index (Phi) is 16.0. The summed E-state index contributed by atoms with van der Waals surface area (Å²) in [5.41, 5.74) is 9.47. The number of nitrogens with one attached hydrogen (secondary N) is 3. The highest BCUT2D eigenvalue weighted by Gasteiger charge is 2.29. The van der Waals surface area contributed by atoms with E-state index in [9.17, 15) is 19.2 Å². The van der Waals surface area contributed by atoms with Gasteiger partial charge in [0.25, 0.3) is 11.8 Å². The van der Waals surface area contributed by atoms with E-state index in [-0.39, 0.29) is 36.0 Å². The summed E-state index contributed by atoms with van der Waals surface area (Å²) in [6.45, 7) is 11.3. The topological polar surface area (TPSA) is 143 Å². The van der Waals surface area contributed by atoms with Crippen LogP contribution in [0.3, 0.4) is 0 Å². The summed E-state index contributed by atoms with van der Waals surface area (Å²) < 4.78 is 5.31. The minimum atomic E-state index is -0.722. The number of carbonyl (C=O) groups excluding carboxylic acids is 4.